The van der Waals surface area contributed by atoms with Crippen LogP contribution in [0.15, 0.2) is 59.4 Å². The average molecular weight is 574 g/mol. The normalized spacial score (nSPS) is 11.5. The largest absolute Gasteiger partial charge is 0.417 e. The zero-order valence-electron chi connectivity index (χ0n) is 17.3. The van der Waals surface area contributed by atoms with Gasteiger partial charge in [0.15, 0.2) is 0 Å². The summed E-state index contributed by atoms with van der Waals surface area (Å²) in [5.41, 5.74) is -2.29. The lowest BCUT2D eigenvalue weighted by Crippen LogP contribution is -2.28. The Labute approximate surface area is 221 Å². The first-order chi connectivity index (χ1) is 16.5. The minimum absolute atomic E-state index is 0.0169. The number of aromatic nitrogens is 1. The monoisotopic (exact) mass is 572 g/mol. The Hall–Kier alpha value is -2.47. The molecule has 0 N–H and O–H groups in total. The molecular weight excluding hydrogens is 563 g/mol. The molecule has 0 aliphatic carbocycles. The number of nitriles is 1. The molecule has 0 spiro atoms. The van der Waals surface area contributed by atoms with Gasteiger partial charge < -0.3 is 4.57 Å². The van der Waals surface area contributed by atoms with E-state index in [0.29, 0.717) is 35.9 Å². The molecule has 0 aliphatic heterocycles. The molecule has 0 aliphatic rings. The van der Waals surface area contributed by atoms with Crippen molar-refractivity contribution in [1.82, 2.24) is 4.57 Å². The van der Waals surface area contributed by atoms with Crippen molar-refractivity contribution in [3.63, 3.8) is 0 Å². The Bertz CT molecular complexity index is 1530. The average Bonchev–Trinajstić information content (AvgIpc) is 3.25. The van der Waals surface area contributed by atoms with Crippen LogP contribution in [-0.2, 0) is 12.7 Å². The Morgan fingerprint density at radius 2 is 1.54 bits per heavy atom. The first-order valence-corrected chi connectivity index (χ1v) is 12.1. The summed E-state index contributed by atoms with van der Waals surface area (Å²) in [6.07, 6.45) is -4.91. The molecule has 178 valence electrons. The highest BCUT2D eigenvalue weighted by atomic mass is 35.5. The lowest BCUT2D eigenvalue weighted by atomic mass is 10.1. The van der Waals surface area contributed by atoms with Crippen molar-refractivity contribution in [2.75, 3.05) is 0 Å². The maximum atomic E-state index is 13.8. The molecule has 0 unspecified atom stereocenters. The van der Waals surface area contributed by atoms with Crippen LogP contribution in [0.1, 0.15) is 16.7 Å². The molecular formula is C24H11Cl4F3N2OS. The lowest BCUT2D eigenvalue weighted by molar-refractivity contribution is -0.137. The van der Waals surface area contributed by atoms with Gasteiger partial charge in [-0.1, -0.05) is 52.5 Å². The van der Waals surface area contributed by atoms with Crippen LogP contribution in [0.3, 0.4) is 0 Å². The molecule has 4 aromatic rings. The molecule has 0 saturated carbocycles. The molecule has 0 saturated heterocycles. The molecule has 2 heterocycles. The van der Waals surface area contributed by atoms with E-state index in [-0.39, 0.29) is 17.3 Å². The number of pyridine rings is 1. The number of hydrogen-bond donors (Lipinski definition) is 0. The summed E-state index contributed by atoms with van der Waals surface area (Å²) in [6.45, 7) is -0.173. The summed E-state index contributed by atoms with van der Waals surface area (Å²) < 4.78 is 42.4. The van der Waals surface area contributed by atoms with Gasteiger partial charge in [-0.25, -0.2) is 0 Å². The van der Waals surface area contributed by atoms with Crippen molar-refractivity contribution in [2.45, 2.75) is 12.7 Å². The fourth-order valence-electron chi connectivity index (χ4n) is 3.49. The SMILES string of the molecule is N#Cc1c(C(F)(F)F)cc(-c2ccc(-c3cc(Cl)cc(Cl)c3)s2)n(Cc2ccc(Cl)cc2Cl)c1=O. The molecule has 0 radical (unpaired) electrons. The second-order valence-corrected chi connectivity index (χ2v) is 10.2. The van der Waals surface area contributed by atoms with E-state index in [1.165, 1.54) is 12.1 Å². The van der Waals surface area contributed by atoms with Crippen LogP contribution in [0.2, 0.25) is 20.1 Å². The minimum atomic E-state index is -4.91. The van der Waals surface area contributed by atoms with E-state index in [1.807, 2.05) is 0 Å². The summed E-state index contributed by atoms with van der Waals surface area (Å²) in [6, 6.07) is 15.0. The summed E-state index contributed by atoms with van der Waals surface area (Å²) in [5.74, 6) is 0. The van der Waals surface area contributed by atoms with E-state index in [1.54, 1.807) is 42.5 Å². The third kappa shape index (κ3) is 5.37. The van der Waals surface area contributed by atoms with E-state index in [4.69, 9.17) is 46.4 Å². The van der Waals surface area contributed by atoms with Crippen LogP contribution in [-0.4, -0.2) is 4.57 Å². The zero-order valence-corrected chi connectivity index (χ0v) is 21.1. The molecule has 0 atom stereocenters. The number of rotatable bonds is 4. The van der Waals surface area contributed by atoms with Crippen LogP contribution < -0.4 is 5.56 Å². The second kappa shape index (κ2) is 9.88. The quantitative estimate of drug-likeness (QED) is 0.245. The van der Waals surface area contributed by atoms with E-state index in [0.717, 1.165) is 22.0 Å². The maximum Gasteiger partial charge on any atom is 0.417 e. The Morgan fingerprint density at radius 1 is 0.886 bits per heavy atom. The Kier molecular flexibility index (Phi) is 7.23. The van der Waals surface area contributed by atoms with Crippen LogP contribution in [0.25, 0.3) is 21.0 Å². The fraction of sp³-hybridized carbons (Fsp3) is 0.0833. The van der Waals surface area contributed by atoms with Gasteiger partial charge in [-0.2, -0.15) is 18.4 Å². The summed E-state index contributed by atoms with van der Waals surface area (Å²) in [4.78, 5) is 14.2. The maximum absolute atomic E-state index is 13.8. The highest BCUT2D eigenvalue weighted by Gasteiger charge is 2.36. The van der Waals surface area contributed by atoms with E-state index in [2.05, 4.69) is 0 Å². The van der Waals surface area contributed by atoms with Gasteiger partial charge in [-0.05, 0) is 59.7 Å². The molecule has 0 bridgehead atoms. The molecule has 0 fully saturated rings. The smallest absolute Gasteiger partial charge is 0.302 e. The van der Waals surface area contributed by atoms with Crippen LogP contribution >= 0.6 is 57.7 Å². The van der Waals surface area contributed by atoms with Crippen molar-refractivity contribution < 1.29 is 13.2 Å². The molecule has 2 aromatic heterocycles. The van der Waals surface area contributed by atoms with E-state index < -0.39 is 22.9 Å². The molecule has 2 aromatic carbocycles. The first-order valence-electron chi connectivity index (χ1n) is 9.73. The number of halogens is 7. The fourth-order valence-corrected chi connectivity index (χ4v) is 5.50. The molecule has 4 rings (SSSR count). The summed E-state index contributed by atoms with van der Waals surface area (Å²) in [7, 11) is 0. The third-order valence-electron chi connectivity index (χ3n) is 5.07. The number of benzene rings is 2. The van der Waals surface area contributed by atoms with Gasteiger partial charge in [-0.3, -0.25) is 4.79 Å². The number of hydrogen-bond acceptors (Lipinski definition) is 3. The highest BCUT2D eigenvalue weighted by molar-refractivity contribution is 7.18. The van der Waals surface area contributed by atoms with Gasteiger partial charge >= 0.3 is 6.18 Å². The van der Waals surface area contributed by atoms with Crippen molar-refractivity contribution >= 4 is 57.7 Å². The van der Waals surface area contributed by atoms with Gasteiger partial charge in [-0.15, -0.1) is 11.3 Å². The Balaban J connectivity index is 1.94. The predicted octanol–water partition coefficient (Wildman–Crippen LogP) is 8.80. The number of thiophene rings is 1. The van der Waals surface area contributed by atoms with Gasteiger partial charge in [0.1, 0.15) is 11.6 Å². The van der Waals surface area contributed by atoms with Crippen LogP contribution in [0, 0.1) is 11.3 Å². The second-order valence-electron chi connectivity index (χ2n) is 7.38. The van der Waals surface area contributed by atoms with Crippen molar-refractivity contribution in [2.24, 2.45) is 0 Å². The Morgan fingerprint density at radius 3 is 2.14 bits per heavy atom. The summed E-state index contributed by atoms with van der Waals surface area (Å²) in [5, 5.41) is 10.8. The lowest BCUT2D eigenvalue weighted by Gasteiger charge is -2.17. The molecule has 35 heavy (non-hydrogen) atoms. The van der Waals surface area contributed by atoms with Gasteiger partial charge in [0.25, 0.3) is 5.56 Å². The molecule has 0 amide bonds. The van der Waals surface area contributed by atoms with Gasteiger partial charge in [0.2, 0.25) is 0 Å². The first kappa shape index (κ1) is 25.6. The van der Waals surface area contributed by atoms with E-state index in [9.17, 15) is 23.2 Å². The third-order valence-corrected chi connectivity index (χ3v) is 7.25. The number of nitrogens with zero attached hydrogens (tertiary/aromatic N) is 2. The van der Waals surface area contributed by atoms with Crippen molar-refractivity contribution in [3.8, 4) is 27.1 Å². The standard InChI is InChI=1S/C24H11Cl4F3N2OS/c25-14-2-1-12(19(28)8-14)11-33-20(9-18(24(29,30)31)17(10-32)23(33)34)22-4-3-21(35-22)13-5-15(26)7-16(27)6-13/h1-9H,11H2. The molecule has 11 heteroatoms. The van der Waals surface area contributed by atoms with E-state index >= 15 is 0 Å². The number of alkyl halides is 3. The predicted molar refractivity (Wildman–Crippen MR) is 135 cm³/mol. The van der Waals surface area contributed by atoms with Gasteiger partial charge in [0.05, 0.1) is 22.7 Å². The molecule has 3 nitrogen and oxygen atoms in total. The van der Waals surface area contributed by atoms with Gasteiger partial charge in [0, 0.05) is 25.0 Å². The van der Waals surface area contributed by atoms with Crippen molar-refractivity contribution in [3.05, 3.63) is 102 Å². The van der Waals surface area contributed by atoms with Crippen molar-refractivity contribution in [1.29, 1.82) is 5.26 Å². The topological polar surface area (TPSA) is 45.8 Å². The van der Waals surface area contributed by atoms with Crippen LogP contribution in [0.4, 0.5) is 13.2 Å². The summed E-state index contributed by atoms with van der Waals surface area (Å²) >= 11 is 25.5. The highest BCUT2D eigenvalue weighted by Crippen LogP contribution is 2.39. The zero-order chi connectivity index (χ0) is 25.5. The minimum Gasteiger partial charge on any atom is -0.302 e. The van der Waals surface area contributed by atoms with Crippen LogP contribution in [0.5, 0.6) is 0 Å².